The van der Waals surface area contributed by atoms with Crippen LogP contribution in [-0.2, 0) is 6.42 Å². The van der Waals surface area contributed by atoms with Crippen LogP contribution in [0.25, 0.3) is 50.5 Å². The first-order chi connectivity index (χ1) is 21.0. The van der Waals surface area contributed by atoms with Crippen molar-refractivity contribution < 1.29 is 13.6 Å². The van der Waals surface area contributed by atoms with E-state index in [1.54, 1.807) is 11.3 Å². The summed E-state index contributed by atoms with van der Waals surface area (Å²) in [6, 6.07) is 33.9. The molecule has 43 heavy (non-hydrogen) atoms. The summed E-state index contributed by atoms with van der Waals surface area (Å²) in [6.07, 6.45) is 0.799. The van der Waals surface area contributed by atoms with Crippen LogP contribution in [-0.4, -0.2) is 5.78 Å². The van der Waals surface area contributed by atoms with Gasteiger partial charge in [0, 0.05) is 46.8 Å². The predicted molar refractivity (Wildman–Crippen MR) is 180 cm³/mol. The number of thiophene rings is 4. The van der Waals surface area contributed by atoms with Gasteiger partial charge in [0.2, 0.25) is 5.78 Å². The first kappa shape index (κ1) is 26.6. The van der Waals surface area contributed by atoms with E-state index in [1.807, 2.05) is 46.9 Å². The van der Waals surface area contributed by atoms with Crippen LogP contribution in [0.1, 0.15) is 25.7 Å². The summed E-state index contributed by atoms with van der Waals surface area (Å²) in [6.45, 7) is 0. The normalized spacial score (nSPS) is 11.7. The van der Waals surface area contributed by atoms with Crippen molar-refractivity contribution in [3.63, 3.8) is 0 Å². The van der Waals surface area contributed by atoms with Gasteiger partial charge in [-0.2, -0.15) is 0 Å². The van der Waals surface area contributed by atoms with E-state index in [4.69, 9.17) is 0 Å². The Kier molecular flexibility index (Phi) is 6.57. The Morgan fingerprint density at radius 2 is 1.12 bits per heavy atom. The van der Waals surface area contributed by atoms with Crippen LogP contribution in [0.15, 0.2) is 109 Å². The molecule has 0 atom stereocenters. The highest BCUT2D eigenvalue weighted by Gasteiger charge is 2.16. The highest BCUT2D eigenvalue weighted by atomic mass is 32.1. The van der Waals surface area contributed by atoms with Gasteiger partial charge in [-0.25, -0.2) is 8.78 Å². The molecule has 0 unspecified atom stereocenters. The van der Waals surface area contributed by atoms with Crippen molar-refractivity contribution in [1.82, 2.24) is 0 Å². The fourth-order valence-corrected chi connectivity index (χ4v) is 10.1. The molecule has 0 radical (unpaired) electrons. The van der Waals surface area contributed by atoms with Crippen LogP contribution >= 0.6 is 45.3 Å². The van der Waals surface area contributed by atoms with E-state index in [2.05, 4.69) is 48.5 Å². The van der Waals surface area contributed by atoms with E-state index in [0.717, 1.165) is 22.4 Å². The van der Waals surface area contributed by atoms with Crippen LogP contribution in [0.3, 0.4) is 0 Å². The van der Waals surface area contributed by atoms with E-state index in [-0.39, 0.29) is 17.4 Å². The van der Waals surface area contributed by atoms with Gasteiger partial charge in [0.05, 0.1) is 14.3 Å². The first-order valence-corrected chi connectivity index (χ1v) is 16.9. The highest BCUT2D eigenvalue weighted by molar-refractivity contribution is 7.36. The smallest absolute Gasteiger partial charge is 0.202 e. The number of ketones is 1. The molecule has 0 aliphatic rings. The van der Waals surface area contributed by atoms with Gasteiger partial charge in [-0.15, -0.1) is 45.3 Å². The minimum Gasteiger partial charge on any atom is -0.288 e. The molecule has 1 nitrogen and oxygen atoms in total. The SMILES string of the molecule is O=C(c1ccc(F)cc1)c1ccc(-c2ccc3c(c2)sc2c4ccc(-c5ccc(Cc6ccc(F)cc6)s5)cc4sc32)s1. The second kappa shape index (κ2) is 10.6. The molecular weight excluding hydrogens is 615 g/mol. The number of rotatable bonds is 6. The number of hydrogen-bond acceptors (Lipinski definition) is 5. The van der Waals surface area contributed by atoms with E-state index in [9.17, 15) is 13.6 Å². The lowest BCUT2D eigenvalue weighted by Crippen LogP contribution is -1.97. The van der Waals surface area contributed by atoms with Crippen LogP contribution in [0.4, 0.5) is 8.78 Å². The zero-order valence-corrected chi connectivity index (χ0v) is 25.7. The Morgan fingerprint density at radius 3 is 1.74 bits per heavy atom. The Labute approximate surface area is 261 Å². The number of carbonyl (C=O) groups excluding carboxylic acids is 1. The van der Waals surface area contributed by atoms with Crippen molar-refractivity contribution in [2.24, 2.45) is 0 Å². The summed E-state index contributed by atoms with van der Waals surface area (Å²) in [7, 11) is 0. The minimum atomic E-state index is -0.350. The Balaban J connectivity index is 1.08. The van der Waals surface area contributed by atoms with E-state index >= 15 is 0 Å². The maximum atomic E-state index is 13.3. The van der Waals surface area contributed by atoms with Crippen molar-refractivity contribution in [3.8, 4) is 20.9 Å². The van der Waals surface area contributed by atoms with Crippen LogP contribution in [0, 0.1) is 11.6 Å². The lowest BCUT2D eigenvalue weighted by atomic mass is 10.1. The number of halogens is 2. The van der Waals surface area contributed by atoms with Gasteiger partial charge in [-0.3, -0.25) is 4.79 Å². The topological polar surface area (TPSA) is 17.1 Å². The molecular formula is C36H20F2OS4. The molecule has 4 aromatic carbocycles. The van der Waals surface area contributed by atoms with E-state index in [0.29, 0.717) is 10.4 Å². The zero-order chi connectivity index (χ0) is 29.1. The van der Waals surface area contributed by atoms with Gasteiger partial charge in [0.25, 0.3) is 0 Å². The van der Waals surface area contributed by atoms with E-state index < -0.39 is 0 Å². The van der Waals surface area contributed by atoms with Gasteiger partial charge in [0.15, 0.2) is 0 Å². The second-order valence-corrected chi connectivity index (χ2v) is 14.7. The molecule has 7 heteroatoms. The fraction of sp³-hybridized carbons (Fsp3) is 0.0278. The van der Waals surface area contributed by atoms with Crippen LogP contribution < -0.4 is 0 Å². The molecule has 0 saturated carbocycles. The molecule has 0 amide bonds. The van der Waals surface area contributed by atoms with Crippen molar-refractivity contribution in [2.75, 3.05) is 0 Å². The highest BCUT2D eigenvalue weighted by Crippen LogP contribution is 2.46. The summed E-state index contributed by atoms with van der Waals surface area (Å²) in [5, 5.41) is 2.53. The third-order valence-corrected chi connectivity index (χ3v) is 12.3. The van der Waals surface area contributed by atoms with Crippen molar-refractivity contribution in [1.29, 1.82) is 0 Å². The average molecular weight is 635 g/mol. The Morgan fingerprint density at radius 1 is 0.558 bits per heavy atom. The monoisotopic (exact) mass is 634 g/mol. The maximum absolute atomic E-state index is 13.3. The predicted octanol–water partition coefficient (Wildman–Crippen LogP) is 11.8. The van der Waals surface area contributed by atoms with Gasteiger partial charge in [0.1, 0.15) is 11.6 Å². The van der Waals surface area contributed by atoms with Gasteiger partial charge in [-0.05, 0) is 89.5 Å². The van der Waals surface area contributed by atoms with Gasteiger partial charge in [-0.1, -0.05) is 36.4 Å². The fourth-order valence-electron chi connectivity index (χ4n) is 5.35. The molecule has 8 rings (SSSR count). The number of carbonyl (C=O) groups is 1. The number of benzene rings is 4. The first-order valence-electron chi connectivity index (χ1n) is 13.6. The Bertz CT molecular complexity index is 2300. The molecule has 0 saturated heterocycles. The minimum absolute atomic E-state index is 0.0912. The average Bonchev–Trinajstić information content (AvgIpc) is 3.82. The summed E-state index contributed by atoms with van der Waals surface area (Å²) >= 11 is 6.90. The molecule has 8 aromatic rings. The molecule has 0 aliphatic heterocycles. The zero-order valence-electron chi connectivity index (χ0n) is 22.4. The molecule has 4 heterocycles. The summed E-state index contributed by atoms with van der Waals surface area (Å²) in [4.78, 5) is 17.1. The molecule has 0 spiro atoms. The largest absolute Gasteiger partial charge is 0.288 e. The third kappa shape index (κ3) is 4.92. The van der Waals surface area contributed by atoms with Crippen LogP contribution in [0.5, 0.6) is 0 Å². The van der Waals surface area contributed by atoms with Crippen molar-refractivity contribution >= 4 is 80.7 Å². The molecule has 0 aliphatic carbocycles. The van der Waals surface area contributed by atoms with Crippen molar-refractivity contribution in [2.45, 2.75) is 6.42 Å². The summed E-state index contributed by atoms with van der Waals surface area (Å²) in [5.41, 5.74) is 3.90. The second-order valence-electron chi connectivity index (χ2n) is 10.4. The third-order valence-electron chi connectivity index (χ3n) is 7.54. The standard InChI is InChI=1S/C36H20F2OS4/c37-24-7-1-20(2-8-24)17-26-11-14-29(40-26)22-5-12-27-32(18-22)42-36-28-13-6-23(19-33(28)43-35(27)36)30-15-16-31(41-30)34(39)21-3-9-25(38)10-4-21/h1-16,18-19H,17H2. The molecule has 208 valence electrons. The molecule has 0 N–H and O–H groups in total. The lowest BCUT2D eigenvalue weighted by molar-refractivity contribution is 0.104. The molecule has 4 aromatic heterocycles. The number of hydrogen-bond donors (Lipinski definition) is 0. The van der Waals surface area contributed by atoms with E-state index in [1.165, 1.54) is 92.6 Å². The lowest BCUT2D eigenvalue weighted by Gasteiger charge is -2.00. The number of fused-ring (bicyclic) bond motifs is 5. The Hall–Kier alpha value is -4.01. The molecule has 0 bridgehead atoms. The quantitative estimate of drug-likeness (QED) is 0.166. The molecule has 0 fully saturated rings. The van der Waals surface area contributed by atoms with Crippen molar-refractivity contribution in [3.05, 3.63) is 142 Å². The summed E-state index contributed by atoms with van der Waals surface area (Å²) < 4.78 is 31.7. The van der Waals surface area contributed by atoms with Gasteiger partial charge >= 0.3 is 0 Å². The van der Waals surface area contributed by atoms with Gasteiger partial charge < -0.3 is 0 Å². The summed E-state index contributed by atoms with van der Waals surface area (Å²) in [5.74, 6) is -0.648. The van der Waals surface area contributed by atoms with Crippen LogP contribution in [0.2, 0.25) is 0 Å². The maximum Gasteiger partial charge on any atom is 0.202 e.